The summed E-state index contributed by atoms with van der Waals surface area (Å²) >= 11 is 0. The molecule has 0 N–H and O–H groups in total. The Hall–Kier alpha value is -1.75. The lowest BCUT2D eigenvalue weighted by Crippen LogP contribution is -2.22. The molecule has 1 atom stereocenters. The number of aryl methyl sites for hydroxylation is 2. The van der Waals surface area contributed by atoms with Crippen LogP contribution in [0, 0.1) is 13.8 Å². The third kappa shape index (κ3) is 2.81. The summed E-state index contributed by atoms with van der Waals surface area (Å²) in [5.41, 5.74) is 3.26. The molecule has 0 spiro atoms. The fourth-order valence-electron chi connectivity index (χ4n) is 2.63. The molecule has 0 aromatic carbocycles. The van der Waals surface area contributed by atoms with E-state index in [1.54, 1.807) is 6.20 Å². The Kier molecular flexibility index (Phi) is 3.29. The van der Waals surface area contributed by atoms with Crippen LogP contribution in [-0.4, -0.2) is 37.7 Å². The standard InChI is InChI=1S/C14H19N5/c1-11-5-16-19(8-11)14-3-4-18(10-14)9-13-7-15-6-12(2)17-13/h5-8,14H,3-4,9-10H2,1-2H3. The van der Waals surface area contributed by atoms with Crippen molar-refractivity contribution in [2.24, 2.45) is 0 Å². The predicted octanol–water partition coefficient (Wildman–Crippen LogP) is 1.74. The maximum absolute atomic E-state index is 4.51. The lowest BCUT2D eigenvalue weighted by molar-refractivity contribution is 0.307. The zero-order valence-electron chi connectivity index (χ0n) is 11.5. The second kappa shape index (κ2) is 5.09. The molecule has 100 valence electrons. The molecule has 0 saturated carbocycles. The van der Waals surface area contributed by atoms with Crippen molar-refractivity contribution in [2.75, 3.05) is 13.1 Å². The van der Waals surface area contributed by atoms with Crippen molar-refractivity contribution in [3.8, 4) is 0 Å². The van der Waals surface area contributed by atoms with Gasteiger partial charge >= 0.3 is 0 Å². The van der Waals surface area contributed by atoms with Gasteiger partial charge in [-0.1, -0.05) is 0 Å². The molecule has 1 saturated heterocycles. The van der Waals surface area contributed by atoms with Gasteiger partial charge in [-0.05, 0) is 25.8 Å². The van der Waals surface area contributed by atoms with E-state index in [0.29, 0.717) is 6.04 Å². The molecular weight excluding hydrogens is 238 g/mol. The van der Waals surface area contributed by atoms with E-state index >= 15 is 0 Å². The van der Waals surface area contributed by atoms with Crippen LogP contribution in [0.3, 0.4) is 0 Å². The molecule has 0 radical (unpaired) electrons. The van der Waals surface area contributed by atoms with Crippen LogP contribution in [0.25, 0.3) is 0 Å². The number of rotatable bonds is 3. The van der Waals surface area contributed by atoms with Gasteiger partial charge in [0.15, 0.2) is 0 Å². The Morgan fingerprint density at radius 2 is 2.16 bits per heavy atom. The number of aromatic nitrogens is 4. The minimum Gasteiger partial charge on any atom is -0.295 e. The van der Waals surface area contributed by atoms with Crippen LogP contribution in [0.1, 0.15) is 29.4 Å². The van der Waals surface area contributed by atoms with Crippen molar-refractivity contribution in [3.05, 3.63) is 41.7 Å². The van der Waals surface area contributed by atoms with Gasteiger partial charge in [0.2, 0.25) is 0 Å². The molecule has 3 heterocycles. The second-order valence-corrected chi connectivity index (χ2v) is 5.33. The first-order valence-corrected chi connectivity index (χ1v) is 6.71. The highest BCUT2D eigenvalue weighted by molar-refractivity contribution is 5.03. The van der Waals surface area contributed by atoms with Crippen molar-refractivity contribution < 1.29 is 0 Å². The topological polar surface area (TPSA) is 46.8 Å². The minimum absolute atomic E-state index is 0.492. The van der Waals surface area contributed by atoms with Crippen molar-refractivity contribution in [1.29, 1.82) is 0 Å². The van der Waals surface area contributed by atoms with Crippen molar-refractivity contribution in [3.63, 3.8) is 0 Å². The van der Waals surface area contributed by atoms with Gasteiger partial charge in [-0.15, -0.1) is 0 Å². The Morgan fingerprint density at radius 3 is 2.89 bits per heavy atom. The second-order valence-electron chi connectivity index (χ2n) is 5.33. The Balaban J connectivity index is 1.63. The van der Waals surface area contributed by atoms with Crippen molar-refractivity contribution in [1.82, 2.24) is 24.6 Å². The van der Waals surface area contributed by atoms with Gasteiger partial charge in [-0.3, -0.25) is 19.5 Å². The molecule has 1 unspecified atom stereocenters. The summed E-state index contributed by atoms with van der Waals surface area (Å²) in [6.45, 7) is 7.08. The molecular formula is C14H19N5. The van der Waals surface area contributed by atoms with E-state index in [4.69, 9.17) is 0 Å². The van der Waals surface area contributed by atoms with Crippen LogP contribution in [0.4, 0.5) is 0 Å². The molecule has 0 bridgehead atoms. The van der Waals surface area contributed by atoms with Crippen LogP contribution < -0.4 is 0 Å². The first-order chi connectivity index (χ1) is 9.20. The van der Waals surface area contributed by atoms with E-state index < -0.39 is 0 Å². The summed E-state index contributed by atoms with van der Waals surface area (Å²) in [7, 11) is 0. The highest BCUT2D eigenvalue weighted by Gasteiger charge is 2.24. The smallest absolute Gasteiger partial charge is 0.0730 e. The molecule has 3 rings (SSSR count). The summed E-state index contributed by atoms with van der Waals surface area (Å²) in [5.74, 6) is 0. The molecule has 2 aromatic rings. The summed E-state index contributed by atoms with van der Waals surface area (Å²) in [6.07, 6.45) is 8.86. The Morgan fingerprint density at radius 1 is 1.26 bits per heavy atom. The molecule has 2 aromatic heterocycles. The van der Waals surface area contributed by atoms with Gasteiger partial charge in [0.05, 0.1) is 23.6 Å². The fraction of sp³-hybridized carbons (Fsp3) is 0.500. The molecule has 0 aliphatic carbocycles. The zero-order valence-corrected chi connectivity index (χ0v) is 11.5. The molecule has 1 aliphatic heterocycles. The molecule has 5 nitrogen and oxygen atoms in total. The van der Waals surface area contributed by atoms with Gasteiger partial charge in [0.25, 0.3) is 0 Å². The maximum Gasteiger partial charge on any atom is 0.0730 e. The summed E-state index contributed by atoms with van der Waals surface area (Å²) in [4.78, 5) is 11.1. The van der Waals surface area contributed by atoms with Crippen LogP contribution in [0.5, 0.6) is 0 Å². The Labute approximate surface area is 113 Å². The fourth-order valence-corrected chi connectivity index (χ4v) is 2.63. The lowest BCUT2D eigenvalue weighted by atomic mass is 10.3. The summed E-state index contributed by atoms with van der Waals surface area (Å²) in [6, 6.07) is 0.492. The number of hydrogen-bond donors (Lipinski definition) is 0. The predicted molar refractivity (Wildman–Crippen MR) is 72.7 cm³/mol. The first-order valence-electron chi connectivity index (χ1n) is 6.71. The zero-order chi connectivity index (χ0) is 13.2. The molecule has 5 heteroatoms. The van der Waals surface area contributed by atoms with Gasteiger partial charge in [-0.25, -0.2) is 0 Å². The van der Waals surface area contributed by atoms with Gasteiger partial charge < -0.3 is 0 Å². The first kappa shape index (κ1) is 12.3. The maximum atomic E-state index is 4.51. The Bertz CT molecular complexity index is 562. The van der Waals surface area contributed by atoms with Crippen LogP contribution in [0.15, 0.2) is 24.8 Å². The molecule has 1 fully saturated rings. The van der Waals surface area contributed by atoms with Gasteiger partial charge in [0, 0.05) is 38.2 Å². The van der Waals surface area contributed by atoms with Gasteiger partial charge in [-0.2, -0.15) is 5.10 Å². The van der Waals surface area contributed by atoms with E-state index in [1.165, 1.54) is 5.56 Å². The highest BCUT2D eigenvalue weighted by atomic mass is 15.3. The number of hydrogen-bond acceptors (Lipinski definition) is 4. The molecule has 19 heavy (non-hydrogen) atoms. The third-order valence-electron chi connectivity index (χ3n) is 3.54. The number of nitrogens with zero attached hydrogens (tertiary/aromatic N) is 5. The highest BCUT2D eigenvalue weighted by Crippen LogP contribution is 2.22. The van der Waals surface area contributed by atoms with Crippen LogP contribution >= 0.6 is 0 Å². The lowest BCUT2D eigenvalue weighted by Gasteiger charge is -2.15. The van der Waals surface area contributed by atoms with E-state index in [9.17, 15) is 0 Å². The van der Waals surface area contributed by atoms with Crippen molar-refractivity contribution >= 4 is 0 Å². The van der Waals surface area contributed by atoms with Crippen LogP contribution in [0.2, 0.25) is 0 Å². The summed E-state index contributed by atoms with van der Waals surface area (Å²) < 4.78 is 2.09. The van der Waals surface area contributed by atoms with E-state index in [-0.39, 0.29) is 0 Å². The van der Waals surface area contributed by atoms with E-state index in [2.05, 4.69) is 37.8 Å². The van der Waals surface area contributed by atoms with E-state index in [0.717, 1.165) is 37.4 Å². The summed E-state index contributed by atoms with van der Waals surface area (Å²) in [5, 5.41) is 4.42. The van der Waals surface area contributed by atoms with Crippen molar-refractivity contribution in [2.45, 2.75) is 32.9 Å². The van der Waals surface area contributed by atoms with E-state index in [1.807, 2.05) is 19.3 Å². The van der Waals surface area contributed by atoms with Gasteiger partial charge in [0.1, 0.15) is 0 Å². The monoisotopic (exact) mass is 257 g/mol. The third-order valence-corrected chi connectivity index (χ3v) is 3.54. The quantitative estimate of drug-likeness (QED) is 0.840. The van der Waals surface area contributed by atoms with Crippen LogP contribution in [-0.2, 0) is 6.54 Å². The number of likely N-dealkylation sites (tertiary alicyclic amines) is 1. The molecule has 0 amide bonds. The average molecular weight is 257 g/mol. The molecule has 1 aliphatic rings. The SMILES string of the molecule is Cc1cnn(C2CCN(Cc3cncc(C)n3)C2)c1. The largest absolute Gasteiger partial charge is 0.295 e. The normalized spacial score (nSPS) is 20.0. The average Bonchev–Trinajstić information content (AvgIpc) is 2.98. The minimum atomic E-state index is 0.492.